The number of carbonyl (C=O) groups is 1. The molecule has 2 aromatic rings. The molecule has 0 spiro atoms. The first-order valence-corrected chi connectivity index (χ1v) is 8.47. The molecule has 0 atom stereocenters. The molecular weight excluding hydrogens is 332 g/mol. The molecular formula is C17H18O6S. The van der Waals surface area contributed by atoms with Gasteiger partial charge in [-0.05, 0) is 43.7 Å². The lowest BCUT2D eigenvalue weighted by molar-refractivity contribution is 0.0600. The Morgan fingerprint density at radius 1 is 1.00 bits per heavy atom. The van der Waals surface area contributed by atoms with Crippen LogP contribution in [0, 0.1) is 13.8 Å². The molecule has 7 heteroatoms. The molecule has 0 radical (unpaired) electrons. The number of benzene rings is 2. The maximum atomic E-state index is 12.4. The number of hydrogen-bond acceptors (Lipinski definition) is 6. The first kappa shape index (κ1) is 17.8. The van der Waals surface area contributed by atoms with Crippen LogP contribution in [-0.2, 0) is 14.9 Å². The van der Waals surface area contributed by atoms with Crippen LogP contribution >= 0.6 is 0 Å². The van der Waals surface area contributed by atoms with Crippen LogP contribution in [-0.4, -0.2) is 28.6 Å². The number of methoxy groups -OCH3 is 2. The van der Waals surface area contributed by atoms with Crippen molar-refractivity contribution in [3.05, 3.63) is 53.1 Å². The van der Waals surface area contributed by atoms with Crippen LogP contribution in [0.15, 0.2) is 41.3 Å². The summed E-state index contributed by atoms with van der Waals surface area (Å²) in [4.78, 5) is 11.7. The Balaban J connectivity index is 2.45. The minimum atomic E-state index is -4.02. The molecule has 0 saturated carbocycles. The molecule has 2 rings (SSSR count). The maximum Gasteiger partial charge on any atom is 0.339 e. The van der Waals surface area contributed by atoms with Gasteiger partial charge in [-0.3, -0.25) is 0 Å². The Bertz CT molecular complexity index is 853. The third-order valence-electron chi connectivity index (χ3n) is 3.38. The maximum absolute atomic E-state index is 12.4. The van der Waals surface area contributed by atoms with Gasteiger partial charge in [0.25, 0.3) is 0 Å². The molecule has 0 N–H and O–H groups in total. The van der Waals surface area contributed by atoms with E-state index in [1.54, 1.807) is 19.1 Å². The van der Waals surface area contributed by atoms with Crippen LogP contribution in [0.3, 0.4) is 0 Å². The lowest BCUT2D eigenvalue weighted by Crippen LogP contribution is -2.12. The fraction of sp³-hybridized carbons (Fsp3) is 0.235. The van der Waals surface area contributed by atoms with E-state index in [4.69, 9.17) is 8.92 Å². The van der Waals surface area contributed by atoms with E-state index in [-0.39, 0.29) is 22.0 Å². The van der Waals surface area contributed by atoms with Crippen molar-refractivity contribution in [1.82, 2.24) is 0 Å². The van der Waals surface area contributed by atoms with Gasteiger partial charge in [0.05, 0.1) is 19.8 Å². The lowest BCUT2D eigenvalue weighted by Gasteiger charge is -2.14. The van der Waals surface area contributed by atoms with Crippen molar-refractivity contribution in [2.75, 3.05) is 14.2 Å². The second-order valence-electron chi connectivity index (χ2n) is 5.17. The first-order valence-electron chi connectivity index (χ1n) is 7.06. The molecule has 0 unspecified atom stereocenters. The largest absolute Gasteiger partial charge is 0.493 e. The van der Waals surface area contributed by atoms with Crippen LogP contribution in [0.1, 0.15) is 21.5 Å². The number of ether oxygens (including phenoxy) is 2. The second-order valence-corrected chi connectivity index (χ2v) is 6.71. The molecule has 6 nitrogen and oxygen atoms in total. The third-order valence-corrected chi connectivity index (χ3v) is 4.62. The summed E-state index contributed by atoms with van der Waals surface area (Å²) in [6, 6.07) is 9.15. The molecule has 128 valence electrons. The smallest absolute Gasteiger partial charge is 0.339 e. The molecule has 0 amide bonds. The lowest BCUT2D eigenvalue weighted by atomic mass is 10.1. The highest BCUT2D eigenvalue weighted by molar-refractivity contribution is 7.87. The van der Waals surface area contributed by atoms with Crippen LogP contribution in [0.25, 0.3) is 0 Å². The van der Waals surface area contributed by atoms with E-state index in [1.807, 2.05) is 6.92 Å². The Morgan fingerprint density at radius 3 is 2.17 bits per heavy atom. The van der Waals surface area contributed by atoms with Gasteiger partial charge in [-0.2, -0.15) is 8.42 Å². The van der Waals surface area contributed by atoms with Crippen molar-refractivity contribution in [2.24, 2.45) is 0 Å². The van der Waals surface area contributed by atoms with Crippen molar-refractivity contribution in [3.63, 3.8) is 0 Å². The van der Waals surface area contributed by atoms with Gasteiger partial charge in [0.1, 0.15) is 4.90 Å². The Kier molecular flexibility index (Phi) is 5.14. The fourth-order valence-electron chi connectivity index (χ4n) is 2.10. The quantitative estimate of drug-likeness (QED) is 0.609. The summed E-state index contributed by atoms with van der Waals surface area (Å²) < 4.78 is 39.9. The Morgan fingerprint density at radius 2 is 1.62 bits per heavy atom. The van der Waals surface area contributed by atoms with Crippen LogP contribution < -0.4 is 8.92 Å². The van der Waals surface area contributed by atoms with Gasteiger partial charge in [0.15, 0.2) is 11.5 Å². The molecule has 0 aliphatic carbocycles. The minimum Gasteiger partial charge on any atom is -0.493 e. The number of esters is 1. The number of hydrogen-bond donors (Lipinski definition) is 0. The van der Waals surface area contributed by atoms with Crippen molar-refractivity contribution in [2.45, 2.75) is 18.7 Å². The monoisotopic (exact) mass is 350 g/mol. The molecule has 0 aliphatic heterocycles. The molecule has 0 bridgehead atoms. The van der Waals surface area contributed by atoms with E-state index in [0.717, 1.165) is 5.56 Å². The van der Waals surface area contributed by atoms with E-state index in [0.29, 0.717) is 5.56 Å². The van der Waals surface area contributed by atoms with Gasteiger partial charge in [-0.15, -0.1) is 0 Å². The summed E-state index contributed by atoms with van der Waals surface area (Å²) >= 11 is 0. The predicted molar refractivity (Wildman–Crippen MR) is 88.1 cm³/mol. The van der Waals surface area contributed by atoms with Crippen molar-refractivity contribution in [1.29, 1.82) is 0 Å². The molecule has 24 heavy (non-hydrogen) atoms. The summed E-state index contributed by atoms with van der Waals surface area (Å²) in [5.41, 5.74) is 1.61. The van der Waals surface area contributed by atoms with Gasteiger partial charge < -0.3 is 13.7 Å². The van der Waals surface area contributed by atoms with Crippen LogP contribution in [0.4, 0.5) is 0 Å². The zero-order chi connectivity index (χ0) is 17.9. The van der Waals surface area contributed by atoms with E-state index >= 15 is 0 Å². The highest BCUT2D eigenvalue weighted by Gasteiger charge is 2.22. The summed E-state index contributed by atoms with van der Waals surface area (Å²) in [5.74, 6) is -0.388. The number of carbonyl (C=O) groups excluding carboxylic acids is 1. The number of aryl methyl sites for hydroxylation is 2. The summed E-state index contributed by atoms with van der Waals surface area (Å²) in [7, 11) is -1.40. The van der Waals surface area contributed by atoms with E-state index < -0.39 is 16.1 Å². The average Bonchev–Trinajstić information content (AvgIpc) is 2.56. The van der Waals surface area contributed by atoms with Gasteiger partial charge >= 0.3 is 16.1 Å². The van der Waals surface area contributed by atoms with Crippen LogP contribution in [0.2, 0.25) is 0 Å². The van der Waals surface area contributed by atoms with Gasteiger partial charge in [0.2, 0.25) is 0 Å². The second kappa shape index (κ2) is 6.92. The van der Waals surface area contributed by atoms with Crippen molar-refractivity contribution >= 4 is 16.1 Å². The molecule has 0 fully saturated rings. The van der Waals surface area contributed by atoms with Crippen LogP contribution in [0.5, 0.6) is 11.5 Å². The number of rotatable bonds is 5. The fourth-order valence-corrected chi connectivity index (χ4v) is 3.10. The SMILES string of the molecule is COC(=O)c1cc(C)c(OS(=O)(=O)c2ccc(C)cc2)c(OC)c1. The molecule has 0 aliphatic rings. The zero-order valence-corrected chi connectivity index (χ0v) is 14.6. The third kappa shape index (κ3) is 3.68. The highest BCUT2D eigenvalue weighted by Crippen LogP contribution is 2.34. The zero-order valence-electron chi connectivity index (χ0n) is 13.8. The summed E-state index contributed by atoms with van der Waals surface area (Å²) in [6.45, 7) is 3.48. The van der Waals surface area contributed by atoms with E-state index in [9.17, 15) is 13.2 Å². The highest BCUT2D eigenvalue weighted by atomic mass is 32.2. The molecule has 0 saturated heterocycles. The Labute approximate surface area is 141 Å². The summed E-state index contributed by atoms with van der Waals surface area (Å²) in [6.07, 6.45) is 0. The minimum absolute atomic E-state index is 0.0331. The van der Waals surface area contributed by atoms with Gasteiger partial charge in [-0.1, -0.05) is 17.7 Å². The predicted octanol–water partition coefficient (Wildman–Crippen LogP) is 2.87. The van der Waals surface area contributed by atoms with Crippen molar-refractivity contribution < 1.29 is 26.9 Å². The first-order chi connectivity index (χ1) is 11.3. The molecule has 0 aromatic heterocycles. The standard InChI is InChI=1S/C17H18O6S/c1-11-5-7-14(8-6-11)24(19,20)23-16-12(2)9-13(17(18)22-4)10-15(16)21-3/h5-10H,1-4H3. The van der Waals surface area contributed by atoms with Crippen molar-refractivity contribution in [3.8, 4) is 11.5 Å². The topological polar surface area (TPSA) is 78.9 Å². The van der Waals surface area contributed by atoms with E-state index in [2.05, 4.69) is 4.74 Å². The Hall–Kier alpha value is -2.54. The molecule has 0 heterocycles. The normalized spacial score (nSPS) is 11.0. The van der Waals surface area contributed by atoms with Gasteiger partial charge in [0, 0.05) is 0 Å². The molecule has 2 aromatic carbocycles. The average molecular weight is 350 g/mol. The van der Waals surface area contributed by atoms with E-state index in [1.165, 1.54) is 38.5 Å². The summed E-state index contributed by atoms with van der Waals surface area (Å²) in [5, 5.41) is 0. The van der Waals surface area contributed by atoms with Gasteiger partial charge in [-0.25, -0.2) is 4.79 Å².